The summed E-state index contributed by atoms with van der Waals surface area (Å²) >= 11 is 0. The molecule has 0 saturated carbocycles. The minimum atomic E-state index is -0.584. The highest BCUT2D eigenvalue weighted by molar-refractivity contribution is 6.07. The zero-order valence-electron chi connectivity index (χ0n) is 38.1. The van der Waals surface area contributed by atoms with Gasteiger partial charge in [-0.2, -0.15) is 0 Å². The number of nitrogens with zero attached hydrogens (tertiary/aromatic N) is 1. The van der Waals surface area contributed by atoms with Crippen LogP contribution in [-0.2, 0) is 10.8 Å². The number of fused-ring (bicyclic) bond motifs is 19. The number of ether oxygens (including phenoxy) is 1. The SMILES string of the molecule is CC1(C)c2ccccc2-c2ccc(N(c3ccc(-c4ccc5c(c4)-c4ccccc4C54c5ccc6ccccc6c5Oc5c4ccc4ccccc54)cc3)c3ccc4oc5ccccc5c4c3)cc21. The van der Waals surface area contributed by atoms with Gasteiger partial charge in [0.15, 0.2) is 0 Å². The average Bonchev–Trinajstić information content (AvgIpc) is 4.00. The smallest absolute Gasteiger partial charge is 0.140 e. The van der Waals surface area contributed by atoms with Crippen LogP contribution in [0, 0.1) is 0 Å². The molecule has 12 aromatic rings. The molecule has 1 aliphatic heterocycles. The quantitative estimate of drug-likeness (QED) is 0.176. The Morgan fingerprint density at radius 3 is 1.59 bits per heavy atom. The highest BCUT2D eigenvalue weighted by Gasteiger charge is 2.52. The summed E-state index contributed by atoms with van der Waals surface area (Å²) in [5.41, 5.74) is 19.4. The van der Waals surface area contributed by atoms with Crippen molar-refractivity contribution in [2.45, 2.75) is 24.7 Å². The van der Waals surface area contributed by atoms with Gasteiger partial charge in [-0.15, -0.1) is 0 Å². The Balaban J connectivity index is 0.891. The molecule has 324 valence electrons. The van der Waals surface area contributed by atoms with E-state index in [4.69, 9.17) is 9.15 Å². The van der Waals surface area contributed by atoms with Crippen LogP contribution in [0.2, 0.25) is 0 Å². The summed E-state index contributed by atoms with van der Waals surface area (Å²) in [6.07, 6.45) is 0. The predicted molar refractivity (Wildman–Crippen MR) is 284 cm³/mol. The average molecular weight is 882 g/mol. The van der Waals surface area contributed by atoms with E-state index in [1.54, 1.807) is 0 Å². The second kappa shape index (κ2) is 13.9. The summed E-state index contributed by atoms with van der Waals surface area (Å²) in [6.45, 7) is 4.70. The molecular formula is C66H43NO2. The maximum atomic E-state index is 7.18. The second-order valence-electron chi connectivity index (χ2n) is 19.5. The van der Waals surface area contributed by atoms with Crippen LogP contribution >= 0.6 is 0 Å². The minimum absolute atomic E-state index is 0.136. The zero-order chi connectivity index (χ0) is 45.6. The monoisotopic (exact) mass is 881 g/mol. The molecule has 0 saturated heterocycles. The van der Waals surface area contributed by atoms with E-state index in [9.17, 15) is 0 Å². The van der Waals surface area contributed by atoms with E-state index in [1.807, 2.05) is 12.1 Å². The Kier molecular flexibility index (Phi) is 7.77. The van der Waals surface area contributed by atoms with E-state index >= 15 is 0 Å². The molecule has 0 radical (unpaired) electrons. The van der Waals surface area contributed by atoms with Crippen molar-refractivity contribution in [2.75, 3.05) is 4.90 Å². The van der Waals surface area contributed by atoms with Gasteiger partial charge in [-0.1, -0.05) is 184 Å². The van der Waals surface area contributed by atoms with Crippen molar-refractivity contribution in [2.24, 2.45) is 0 Å². The summed E-state index contributed by atoms with van der Waals surface area (Å²) in [5, 5.41) is 6.79. The Labute approximate surface area is 400 Å². The molecule has 3 heteroatoms. The first-order valence-electron chi connectivity index (χ1n) is 24.0. The summed E-state index contributed by atoms with van der Waals surface area (Å²) in [4.78, 5) is 2.40. The lowest BCUT2D eigenvalue weighted by molar-refractivity contribution is 0.447. The highest BCUT2D eigenvalue weighted by Crippen LogP contribution is 2.64. The second-order valence-corrected chi connectivity index (χ2v) is 19.5. The van der Waals surface area contributed by atoms with Crippen molar-refractivity contribution < 1.29 is 9.15 Å². The molecule has 0 atom stereocenters. The van der Waals surface area contributed by atoms with E-state index in [1.165, 1.54) is 72.0 Å². The first-order valence-corrected chi connectivity index (χ1v) is 24.0. The largest absolute Gasteiger partial charge is 0.456 e. The summed E-state index contributed by atoms with van der Waals surface area (Å²) in [7, 11) is 0. The van der Waals surface area contributed by atoms with E-state index in [0.717, 1.165) is 66.8 Å². The van der Waals surface area contributed by atoms with Crippen LogP contribution in [0.4, 0.5) is 17.1 Å². The van der Waals surface area contributed by atoms with Crippen molar-refractivity contribution >= 4 is 60.5 Å². The lowest BCUT2D eigenvalue weighted by Gasteiger charge is -2.40. The van der Waals surface area contributed by atoms with Gasteiger partial charge in [0.25, 0.3) is 0 Å². The van der Waals surface area contributed by atoms with Gasteiger partial charge in [-0.25, -0.2) is 0 Å². The molecule has 11 aromatic carbocycles. The van der Waals surface area contributed by atoms with Gasteiger partial charge in [0.2, 0.25) is 0 Å². The fraction of sp³-hybridized carbons (Fsp3) is 0.0606. The third kappa shape index (κ3) is 5.22. The molecule has 15 rings (SSSR count). The summed E-state index contributed by atoms with van der Waals surface area (Å²) < 4.78 is 13.5. The summed E-state index contributed by atoms with van der Waals surface area (Å²) in [6, 6.07) is 82.5. The number of anilines is 3. The minimum Gasteiger partial charge on any atom is -0.456 e. The van der Waals surface area contributed by atoms with Gasteiger partial charge in [-0.05, 0) is 121 Å². The lowest BCUT2D eigenvalue weighted by atomic mass is 9.65. The fourth-order valence-corrected chi connectivity index (χ4v) is 12.5. The van der Waals surface area contributed by atoms with Gasteiger partial charge in [0, 0.05) is 55.1 Å². The summed E-state index contributed by atoms with van der Waals surface area (Å²) in [5.74, 6) is 1.86. The highest BCUT2D eigenvalue weighted by atomic mass is 16.5. The zero-order valence-corrected chi connectivity index (χ0v) is 38.1. The topological polar surface area (TPSA) is 25.6 Å². The van der Waals surface area contributed by atoms with Crippen LogP contribution in [0.3, 0.4) is 0 Å². The standard InChI is InChI=1S/C66H43NO2/c1-65(2)55-20-10-7-17-49(55)51-32-30-46(39-60(51)65)67(45-31-36-62-54(38-45)52-19-9-12-22-61(52)68-62)44-28-23-40(24-29-44)43-27-33-57-53(37-43)50-18-8-11-21-56(50)66(57)58-34-25-41-13-3-5-15-47(41)63(58)69-64-48-16-6-4-14-42(48)26-35-59(64)66/h3-39H,1-2H3. The molecule has 1 spiro atoms. The molecule has 0 N–H and O–H groups in total. The van der Waals surface area contributed by atoms with Crippen molar-refractivity contribution in [3.63, 3.8) is 0 Å². The van der Waals surface area contributed by atoms with Gasteiger partial charge in [-0.3, -0.25) is 0 Å². The number of hydrogen-bond donors (Lipinski definition) is 0. The van der Waals surface area contributed by atoms with Crippen LogP contribution in [-0.4, -0.2) is 0 Å². The van der Waals surface area contributed by atoms with Crippen molar-refractivity contribution in [1.82, 2.24) is 0 Å². The van der Waals surface area contributed by atoms with Crippen LogP contribution < -0.4 is 9.64 Å². The molecule has 69 heavy (non-hydrogen) atoms. The van der Waals surface area contributed by atoms with Crippen LogP contribution in [0.5, 0.6) is 11.5 Å². The van der Waals surface area contributed by atoms with Crippen molar-refractivity contribution in [3.8, 4) is 44.9 Å². The normalized spacial score (nSPS) is 14.3. The number of benzene rings is 11. The molecule has 2 heterocycles. The maximum Gasteiger partial charge on any atom is 0.140 e. The van der Waals surface area contributed by atoms with E-state index in [0.29, 0.717) is 0 Å². The molecule has 1 aromatic heterocycles. The van der Waals surface area contributed by atoms with Gasteiger partial charge >= 0.3 is 0 Å². The third-order valence-corrected chi connectivity index (χ3v) is 15.7. The molecule has 0 amide bonds. The molecular weight excluding hydrogens is 839 g/mol. The molecule has 3 nitrogen and oxygen atoms in total. The number of hydrogen-bond acceptors (Lipinski definition) is 3. The van der Waals surface area contributed by atoms with Crippen LogP contribution in [0.25, 0.3) is 76.9 Å². The van der Waals surface area contributed by atoms with Gasteiger partial charge < -0.3 is 14.1 Å². The molecule has 3 aliphatic rings. The van der Waals surface area contributed by atoms with Crippen molar-refractivity contribution in [1.29, 1.82) is 0 Å². The number of para-hydroxylation sites is 1. The van der Waals surface area contributed by atoms with E-state index in [2.05, 4.69) is 231 Å². The van der Waals surface area contributed by atoms with Crippen LogP contribution in [0.1, 0.15) is 47.2 Å². The molecule has 0 bridgehead atoms. The predicted octanol–water partition coefficient (Wildman–Crippen LogP) is 17.8. The van der Waals surface area contributed by atoms with E-state index < -0.39 is 5.41 Å². The maximum absolute atomic E-state index is 7.18. The molecule has 0 fully saturated rings. The first kappa shape index (κ1) is 38.4. The van der Waals surface area contributed by atoms with Gasteiger partial charge in [0.05, 0.1) is 5.41 Å². The van der Waals surface area contributed by atoms with Gasteiger partial charge in [0.1, 0.15) is 22.7 Å². The molecule has 0 unspecified atom stereocenters. The molecule has 2 aliphatic carbocycles. The fourth-order valence-electron chi connectivity index (χ4n) is 12.5. The van der Waals surface area contributed by atoms with E-state index in [-0.39, 0.29) is 5.41 Å². The first-order chi connectivity index (χ1) is 33.9. The number of furan rings is 1. The number of rotatable bonds is 4. The Morgan fingerprint density at radius 1 is 0.333 bits per heavy atom. The Hall–Kier alpha value is -8.66. The van der Waals surface area contributed by atoms with Crippen LogP contribution in [0.15, 0.2) is 229 Å². The third-order valence-electron chi connectivity index (χ3n) is 15.7. The lowest BCUT2D eigenvalue weighted by Crippen LogP contribution is -2.32. The van der Waals surface area contributed by atoms with Crippen molar-refractivity contribution in [3.05, 3.63) is 258 Å². The Bertz CT molecular complexity index is 4070. The Morgan fingerprint density at radius 2 is 0.855 bits per heavy atom.